The fourth-order valence-corrected chi connectivity index (χ4v) is 3.69. The van der Waals surface area contributed by atoms with Crippen molar-refractivity contribution >= 4 is 32.5 Å². The van der Waals surface area contributed by atoms with Crippen molar-refractivity contribution in [3.05, 3.63) is 78.4 Å². The topological polar surface area (TPSA) is 91.9 Å². The standard InChI is InChI=1S/C21H15F2N3O3S/c22-21(23)30(28,29)14-11-9-13(10-12-14)20(27)26-16-6-2-1-5-15(16)19-24-17-7-3-4-8-18(17)25-19/h1-12,21H,(H,24,25)(H,26,27). The molecular formula is C21H15F2N3O3S. The Morgan fingerprint density at radius 2 is 1.60 bits per heavy atom. The summed E-state index contributed by atoms with van der Waals surface area (Å²) < 4.78 is 48.3. The molecule has 152 valence electrons. The van der Waals surface area contributed by atoms with Crippen LogP contribution in [0, 0.1) is 0 Å². The number of nitrogens with one attached hydrogen (secondary N) is 2. The van der Waals surface area contributed by atoms with Crippen molar-refractivity contribution in [2.24, 2.45) is 0 Å². The molecule has 4 rings (SSSR count). The van der Waals surface area contributed by atoms with Gasteiger partial charge in [-0.05, 0) is 48.5 Å². The Kier molecular flexibility index (Phi) is 5.04. The van der Waals surface area contributed by atoms with Gasteiger partial charge in [0.15, 0.2) is 0 Å². The van der Waals surface area contributed by atoms with Crippen molar-refractivity contribution in [3.8, 4) is 11.4 Å². The van der Waals surface area contributed by atoms with Crippen molar-refractivity contribution in [2.45, 2.75) is 10.7 Å². The van der Waals surface area contributed by atoms with Gasteiger partial charge in [0.05, 0.1) is 21.6 Å². The van der Waals surface area contributed by atoms with E-state index in [0.29, 0.717) is 17.1 Å². The fourth-order valence-electron chi connectivity index (χ4n) is 2.97. The van der Waals surface area contributed by atoms with Crippen LogP contribution in [-0.2, 0) is 9.84 Å². The predicted octanol–water partition coefficient (Wildman–Crippen LogP) is 4.48. The van der Waals surface area contributed by atoms with Crippen molar-refractivity contribution in [1.82, 2.24) is 9.97 Å². The number of hydrogen-bond donors (Lipinski definition) is 2. The van der Waals surface area contributed by atoms with E-state index in [1.54, 1.807) is 18.2 Å². The molecule has 0 fully saturated rings. The zero-order chi connectivity index (χ0) is 21.3. The van der Waals surface area contributed by atoms with Crippen LogP contribution in [0.25, 0.3) is 22.4 Å². The molecule has 0 atom stereocenters. The molecule has 1 aromatic heterocycles. The van der Waals surface area contributed by atoms with E-state index in [1.807, 2.05) is 30.3 Å². The number of rotatable bonds is 5. The first-order valence-electron chi connectivity index (χ1n) is 8.84. The number of carbonyl (C=O) groups is 1. The highest BCUT2D eigenvalue weighted by atomic mass is 32.2. The summed E-state index contributed by atoms with van der Waals surface area (Å²) in [5.41, 5.74) is 2.92. The lowest BCUT2D eigenvalue weighted by Gasteiger charge is -2.10. The maximum Gasteiger partial charge on any atom is 0.341 e. The van der Waals surface area contributed by atoms with Gasteiger partial charge in [-0.25, -0.2) is 13.4 Å². The van der Waals surface area contributed by atoms with Crippen molar-refractivity contribution in [1.29, 1.82) is 0 Å². The highest BCUT2D eigenvalue weighted by Gasteiger charge is 2.26. The maximum atomic E-state index is 12.7. The number of imidazole rings is 1. The normalized spacial score (nSPS) is 11.7. The van der Waals surface area contributed by atoms with Gasteiger partial charge >= 0.3 is 5.76 Å². The summed E-state index contributed by atoms with van der Waals surface area (Å²) in [6.45, 7) is 0. The summed E-state index contributed by atoms with van der Waals surface area (Å²) >= 11 is 0. The highest BCUT2D eigenvalue weighted by molar-refractivity contribution is 7.91. The zero-order valence-electron chi connectivity index (χ0n) is 15.3. The van der Waals surface area contributed by atoms with Crippen LogP contribution in [0.4, 0.5) is 14.5 Å². The Labute approximate surface area is 170 Å². The molecule has 0 radical (unpaired) electrons. The average Bonchev–Trinajstić information content (AvgIpc) is 3.18. The van der Waals surface area contributed by atoms with E-state index in [9.17, 15) is 22.0 Å². The molecule has 9 heteroatoms. The molecule has 30 heavy (non-hydrogen) atoms. The van der Waals surface area contributed by atoms with Crippen LogP contribution in [-0.4, -0.2) is 30.1 Å². The van der Waals surface area contributed by atoms with E-state index in [2.05, 4.69) is 15.3 Å². The number of carbonyl (C=O) groups excluding carboxylic acids is 1. The quantitative estimate of drug-likeness (QED) is 0.491. The number of halogens is 2. The molecule has 0 bridgehead atoms. The van der Waals surface area contributed by atoms with Gasteiger partial charge in [-0.1, -0.05) is 24.3 Å². The Morgan fingerprint density at radius 3 is 2.30 bits per heavy atom. The number of alkyl halides is 2. The van der Waals surface area contributed by atoms with Gasteiger partial charge in [-0.2, -0.15) is 8.78 Å². The smallest absolute Gasteiger partial charge is 0.338 e. The fraction of sp³-hybridized carbons (Fsp3) is 0.0476. The third kappa shape index (κ3) is 3.67. The molecule has 0 aliphatic heterocycles. The molecule has 2 N–H and O–H groups in total. The van der Waals surface area contributed by atoms with Crippen LogP contribution < -0.4 is 5.32 Å². The summed E-state index contributed by atoms with van der Waals surface area (Å²) in [5, 5.41) is 2.75. The SMILES string of the molecule is O=C(Nc1ccccc1-c1nc2ccccc2[nH]1)c1ccc(S(=O)(=O)C(F)F)cc1. The van der Waals surface area contributed by atoms with Gasteiger partial charge in [0.2, 0.25) is 9.84 Å². The molecule has 0 saturated heterocycles. The Hall–Kier alpha value is -3.59. The Morgan fingerprint density at radius 1 is 0.933 bits per heavy atom. The summed E-state index contributed by atoms with van der Waals surface area (Å²) in [6, 6.07) is 18.9. The third-order valence-electron chi connectivity index (χ3n) is 4.50. The number of para-hydroxylation sites is 3. The molecule has 4 aromatic rings. The largest absolute Gasteiger partial charge is 0.341 e. The minimum absolute atomic E-state index is 0.127. The molecule has 6 nitrogen and oxygen atoms in total. The summed E-state index contributed by atoms with van der Waals surface area (Å²) in [6.07, 6.45) is 0. The van der Waals surface area contributed by atoms with Crippen LogP contribution in [0.15, 0.2) is 77.7 Å². The first-order chi connectivity index (χ1) is 14.4. The Balaban J connectivity index is 1.61. The molecule has 0 spiro atoms. The average molecular weight is 427 g/mol. The second-order valence-corrected chi connectivity index (χ2v) is 8.35. The molecule has 3 aromatic carbocycles. The Bertz CT molecular complexity index is 1300. The van der Waals surface area contributed by atoms with E-state index < -0.39 is 26.4 Å². The number of benzene rings is 3. The van der Waals surface area contributed by atoms with Gasteiger partial charge in [0, 0.05) is 11.1 Å². The predicted molar refractivity (Wildman–Crippen MR) is 109 cm³/mol. The summed E-state index contributed by atoms with van der Waals surface area (Å²) in [5.74, 6) is -3.46. The number of aromatic nitrogens is 2. The van der Waals surface area contributed by atoms with Gasteiger partial charge < -0.3 is 10.3 Å². The molecular weight excluding hydrogens is 412 g/mol. The lowest BCUT2D eigenvalue weighted by Crippen LogP contribution is -2.14. The van der Waals surface area contributed by atoms with Crippen molar-refractivity contribution in [3.63, 3.8) is 0 Å². The van der Waals surface area contributed by atoms with E-state index in [0.717, 1.165) is 23.2 Å². The first-order valence-corrected chi connectivity index (χ1v) is 10.4. The number of H-pyrrole nitrogens is 1. The first kappa shape index (κ1) is 19.7. The zero-order valence-corrected chi connectivity index (χ0v) is 16.2. The van der Waals surface area contributed by atoms with Gasteiger partial charge in [0.25, 0.3) is 5.91 Å². The minimum Gasteiger partial charge on any atom is -0.338 e. The van der Waals surface area contributed by atoms with E-state index in [1.165, 1.54) is 12.1 Å². The molecule has 0 aliphatic carbocycles. The minimum atomic E-state index is -4.71. The van der Waals surface area contributed by atoms with Crippen LogP contribution >= 0.6 is 0 Å². The van der Waals surface area contributed by atoms with Gasteiger partial charge in [-0.3, -0.25) is 4.79 Å². The molecule has 0 saturated carbocycles. The van der Waals surface area contributed by atoms with Gasteiger partial charge in [0.1, 0.15) is 5.82 Å². The summed E-state index contributed by atoms with van der Waals surface area (Å²) in [4.78, 5) is 19.8. The van der Waals surface area contributed by atoms with Crippen molar-refractivity contribution < 1.29 is 22.0 Å². The number of nitrogens with zero attached hydrogens (tertiary/aromatic N) is 1. The monoisotopic (exact) mass is 427 g/mol. The molecule has 0 unspecified atom stereocenters. The number of sulfone groups is 1. The van der Waals surface area contributed by atoms with E-state index in [4.69, 9.17) is 0 Å². The van der Waals surface area contributed by atoms with E-state index in [-0.39, 0.29) is 5.56 Å². The van der Waals surface area contributed by atoms with Crippen LogP contribution in [0.3, 0.4) is 0 Å². The molecule has 1 heterocycles. The number of amides is 1. The van der Waals surface area contributed by atoms with Crippen LogP contribution in [0.1, 0.15) is 10.4 Å². The van der Waals surface area contributed by atoms with Crippen LogP contribution in [0.5, 0.6) is 0 Å². The van der Waals surface area contributed by atoms with E-state index >= 15 is 0 Å². The number of fused-ring (bicyclic) bond motifs is 1. The van der Waals surface area contributed by atoms with Crippen LogP contribution in [0.2, 0.25) is 0 Å². The second-order valence-electron chi connectivity index (χ2n) is 6.43. The summed E-state index contributed by atoms with van der Waals surface area (Å²) in [7, 11) is -4.71. The molecule has 1 amide bonds. The van der Waals surface area contributed by atoms with Crippen molar-refractivity contribution in [2.75, 3.05) is 5.32 Å². The lowest BCUT2D eigenvalue weighted by atomic mass is 10.1. The lowest BCUT2D eigenvalue weighted by molar-refractivity contribution is 0.102. The number of aromatic amines is 1. The van der Waals surface area contributed by atoms with Gasteiger partial charge in [-0.15, -0.1) is 0 Å². The second kappa shape index (κ2) is 7.68. The highest BCUT2D eigenvalue weighted by Crippen LogP contribution is 2.28. The third-order valence-corrected chi connectivity index (χ3v) is 5.90. The molecule has 0 aliphatic rings. The number of hydrogen-bond acceptors (Lipinski definition) is 4. The maximum absolute atomic E-state index is 12.7. The number of anilines is 1.